The Morgan fingerprint density at radius 3 is 1.85 bits per heavy atom. The molecule has 0 bridgehead atoms. The molecule has 5 nitrogen and oxygen atoms in total. The minimum absolute atomic E-state index is 0.0183. The van der Waals surface area contributed by atoms with Gasteiger partial charge in [0.1, 0.15) is 5.60 Å². The summed E-state index contributed by atoms with van der Waals surface area (Å²) in [5.41, 5.74) is -1.65. The molecular weight excluding hydrogens is 449 g/mol. The molecule has 2 atom stereocenters. The van der Waals surface area contributed by atoms with E-state index in [1.165, 1.54) is 0 Å². The topological polar surface area (TPSA) is 61.8 Å². The Balaban J connectivity index is 1.87. The Labute approximate surface area is 201 Å². The molecule has 0 aromatic carbocycles. The Morgan fingerprint density at radius 1 is 0.853 bits per heavy atom. The van der Waals surface area contributed by atoms with Crippen LogP contribution in [0.15, 0.2) is 12.2 Å². The number of alkyl halides is 3. The first-order chi connectivity index (χ1) is 15.5. The molecule has 0 spiro atoms. The van der Waals surface area contributed by atoms with E-state index in [1.54, 1.807) is 19.9 Å². The number of halogens is 3. The molecule has 196 valence electrons. The zero-order chi connectivity index (χ0) is 25.9. The molecule has 0 aromatic heterocycles. The van der Waals surface area contributed by atoms with Crippen LogP contribution in [0.3, 0.4) is 0 Å². The molecule has 0 heterocycles. The van der Waals surface area contributed by atoms with Crippen LogP contribution in [0.2, 0.25) is 0 Å². The Hall–Kier alpha value is -1.41. The molecule has 8 heteroatoms. The Kier molecular flexibility index (Phi) is 9.42. The van der Waals surface area contributed by atoms with Gasteiger partial charge in [0.05, 0.1) is 12.2 Å². The van der Waals surface area contributed by atoms with Crippen molar-refractivity contribution in [3.8, 4) is 0 Å². The van der Waals surface area contributed by atoms with Gasteiger partial charge in [0.25, 0.3) is 0 Å². The van der Waals surface area contributed by atoms with E-state index in [9.17, 15) is 22.8 Å². The third-order valence-corrected chi connectivity index (χ3v) is 6.70. The van der Waals surface area contributed by atoms with Crippen LogP contribution in [0, 0.1) is 23.7 Å². The second-order valence-corrected chi connectivity index (χ2v) is 11.6. The fourth-order valence-electron chi connectivity index (χ4n) is 5.08. The van der Waals surface area contributed by atoms with Gasteiger partial charge in [-0.1, -0.05) is 19.9 Å². The number of ether oxygens (including phenoxy) is 3. The van der Waals surface area contributed by atoms with Crippen molar-refractivity contribution >= 4 is 11.8 Å². The molecule has 2 aliphatic carbocycles. The Bertz CT molecular complexity index is 718. The average Bonchev–Trinajstić information content (AvgIpc) is 2.67. The molecule has 0 radical (unpaired) electrons. The van der Waals surface area contributed by atoms with Gasteiger partial charge in [0.15, 0.2) is 11.4 Å². The van der Waals surface area contributed by atoms with E-state index < -0.39 is 23.7 Å². The highest BCUT2D eigenvalue weighted by molar-refractivity contribution is 5.91. The second-order valence-electron chi connectivity index (χ2n) is 11.6. The summed E-state index contributed by atoms with van der Waals surface area (Å²) in [4.78, 5) is 25.2. The summed E-state index contributed by atoms with van der Waals surface area (Å²) in [6.45, 7) is 13.1. The number of hydrogen-bond donors (Lipinski definition) is 0. The van der Waals surface area contributed by atoms with E-state index in [0.717, 1.165) is 12.8 Å². The lowest BCUT2D eigenvalue weighted by molar-refractivity contribution is -0.345. The van der Waals surface area contributed by atoms with Crippen molar-refractivity contribution in [1.82, 2.24) is 0 Å². The van der Waals surface area contributed by atoms with Gasteiger partial charge in [-0.15, -0.1) is 13.2 Å². The predicted octanol–water partition coefficient (Wildman–Crippen LogP) is 6.39. The molecule has 0 aromatic rings. The predicted molar refractivity (Wildman–Crippen MR) is 123 cm³/mol. The third-order valence-electron chi connectivity index (χ3n) is 6.70. The lowest BCUT2D eigenvalue weighted by Gasteiger charge is -2.42. The number of carbonyl (C=O) groups excluding carboxylic acids is 2. The fraction of sp³-hybridized carbons (Fsp3) is 0.846. The van der Waals surface area contributed by atoms with E-state index in [1.807, 2.05) is 26.8 Å². The lowest BCUT2D eigenvalue weighted by atomic mass is 9.74. The molecule has 34 heavy (non-hydrogen) atoms. The summed E-state index contributed by atoms with van der Waals surface area (Å²) in [5.74, 6) is -0.0651. The van der Waals surface area contributed by atoms with E-state index >= 15 is 0 Å². The van der Waals surface area contributed by atoms with Crippen LogP contribution in [-0.2, 0) is 23.8 Å². The van der Waals surface area contributed by atoms with Crippen molar-refractivity contribution in [1.29, 1.82) is 0 Å². The number of hydrogen-bond acceptors (Lipinski definition) is 5. The molecule has 0 N–H and O–H groups in total. The summed E-state index contributed by atoms with van der Waals surface area (Å²) >= 11 is 0. The summed E-state index contributed by atoms with van der Waals surface area (Å²) in [6.07, 6.45) is 0.954. The van der Waals surface area contributed by atoms with Crippen molar-refractivity contribution in [3.63, 3.8) is 0 Å². The minimum atomic E-state index is -4.63. The quantitative estimate of drug-likeness (QED) is 0.305. The van der Waals surface area contributed by atoms with Crippen molar-refractivity contribution in [2.45, 2.75) is 117 Å². The zero-order valence-corrected chi connectivity index (χ0v) is 21.5. The Morgan fingerprint density at radius 2 is 1.38 bits per heavy atom. The second kappa shape index (κ2) is 11.1. The first kappa shape index (κ1) is 28.8. The molecule has 2 unspecified atom stereocenters. The van der Waals surface area contributed by atoms with Gasteiger partial charge >= 0.3 is 12.3 Å². The van der Waals surface area contributed by atoms with E-state index in [2.05, 4.69) is 18.6 Å². The zero-order valence-electron chi connectivity index (χ0n) is 21.5. The molecule has 0 aliphatic heterocycles. The monoisotopic (exact) mass is 490 g/mol. The first-order valence-corrected chi connectivity index (χ1v) is 12.3. The average molecular weight is 491 g/mol. The minimum Gasteiger partial charge on any atom is -0.458 e. The van der Waals surface area contributed by atoms with Crippen LogP contribution >= 0.6 is 0 Å². The highest BCUT2D eigenvalue weighted by Crippen LogP contribution is 2.38. The van der Waals surface area contributed by atoms with Crippen molar-refractivity contribution in [2.75, 3.05) is 0 Å². The van der Waals surface area contributed by atoms with Crippen LogP contribution < -0.4 is 0 Å². The van der Waals surface area contributed by atoms with E-state index in [4.69, 9.17) is 9.47 Å². The molecule has 2 fully saturated rings. The van der Waals surface area contributed by atoms with Crippen molar-refractivity contribution in [3.05, 3.63) is 12.2 Å². The molecule has 2 rings (SSSR count). The van der Waals surface area contributed by atoms with Crippen LogP contribution in [0.25, 0.3) is 0 Å². The summed E-state index contributed by atoms with van der Waals surface area (Å²) in [7, 11) is 0. The van der Waals surface area contributed by atoms with E-state index in [0.29, 0.717) is 12.8 Å². The fourth-order valence-corrected chi connectivity index (χ4v) is 5.08. The van der Waals surface area contributed by atoms with Gasteiger partial charge in [-0.05, 0) is 97.0 Å². The summed E-state index contributed by atoms with van der Waals surface area (Å²) < 4.78 is 53.0. The largest absolute Gasteiger partial charge is 0.522 e. The van der Waals surface area contributed by atoms with Crippen molar-refractivity contribution < 1.29 is 37.0 Å². The standard InChI is InChI=1S/C26H41F3O5/c1-16-14-18(8-13-21(30)19-9-11-20(12-10-19)32-26(27,28)29)15-17(2)22(16)33-25(6,7)23(31)34-24(3,4)5/h8,13,16-20,22H,9-12,14-15H2,1-7H3/b13-8+. The maximum Gasteiger partial charge on any atom is 0.522 e. The molecular formula is C26H41F3O5. The SMILES string of the molecule is CC1CC(/C=C/C(=O)C2CCC(OC(F)(F)F)CC2)CC(C)C1OC(C)(C)C(=O)OC(C)(C)C. The van der Waals surface area contributed by atoms with Gasteiger partial charge in [0.2, 0.25) is 0 Å². The summed E-state index contributed by atoms with van der Waals surface area (Å²) in [5, 5.41) is 0. The first-order valence-electron chi connectivity index (χ1n) is 12.3. The molecule has 2 aliphatic rings. The molecule has 0 saturated heterocycles. The van der Waals surface area contributed by atoms with Gasteiger partial charge in [-0.3, -0.25) is 9.53 Å². The van der Waals surface area contributed by atoms with Gasteiger partial charge in [-0.2, -0.15) is 0 Å². The molecule has 2 saturated carbocycles. The van der Waals surface area contributed by atoms with Gasteiger partial charge in [-0.25, -0.2) is 4.79 Å². The number of carbonyl (C=O) groups is 2. The number of ketones is 1. The van der Waals surface area contributed by atoms with E-state index in [-0.39, 0.29) is 54.4 Å². The normalized spacial score (nSPS) is 31.5. The number of rotatable bonds is 7. The highest BCUT2D eigenvalue weighted by atomic mass is 19.4. The molecule has 0 amide bonds. The third kappa shape index (κ3) is 8.99. The maximum atomic E-state index is 12.6. The van der Waals surface area contributed by atoms with Crippen molar-refractivity contribution in [2.24, 2.45) is 23.7 Å². The van der Waals surface area contributed by atoms with Crippen LogP contribution in [0.1, 0.15) is 87.0 Å². The maximum absolute atomic E-state index is 12.6. The lowest BCUT2D eigenvalue weighted by Crippen LogP contribution is -2.47. The van der Waals surface area contributed by atoms with Crippen LogP contribution in [0.4, 0.5) is 13.2 Å². The van der Waals surface area contributed by atoms with Gasteiger partial charge in [0, 0.05) is 5.92 Å². The van der Waals surface area contributed by atoms with Gasteiger partial charge < -0.3 is 9.47 Å². The smallest absolute Gasteiger partial charge is 0.458 e. The van der Waals surface area contributed by atoms with Crippen LogP contribution in [-0.4, -0.2) is 41.5 Å². The number of allylic oxidation sites excluding steroid dienone is 2. The van der Waals surface area contributed by atoms with Crippen LogP contribution in [0.5, 0.6) is 0 Å². The number of esters is 1. The summed E-state index contributed by atoms with van der Waals surface area (Å²) in [6, 6.07) is 0. The highest BCUT2D eigenvalue weighted by Gasteiger charge is 2.41.